The van der Waals surface area contributed by atoms with Crippen LogP contribution in [-0.4, -0.2) is 23.9 Å². The Morgan fingerprint density at radius 3 is 2.35 bits per heavy atom. The minimum absolute atomic E-state index is 0.0653. The molecule has 0 aliphatic heterocycles. The van der Waals surface area contributed by atoms with Gasteiger partial charge in [0.25, 0.3) is 5.91 Å². The average molecular weight is 281 g/mol. The van der Waals surface area contributed by atoms with E-state index in [-0.39, 0.29) is 11.6 Å². The van der Waals surface area contributed by atoms with Crippen LogP contribution in [0.5, 0.6) is 0 Å². The maximum atomic E-state index is 13.7. The average Bonchev–Trinajstić information content (AvgIpc) is 2.46. The normalized spacial score (nSPS) is 10.4. The Kier molecular flexibility index (Phi) is 7.01. The van der Waals surface area contributed by atoms with Crippen molar-refractivity contribution in [3.8, 4) is 0 Å². The molecule has 0 bridgehead atoms. The second-order valence-electron chi connectivity index (χ2n) is 4.81. The third-order valence-corrected chi connectivity index (χ3v) is 3.24. The monoisotopic (exact) mass is 281 g/mol. The Balaban J connectivity index is 2.95. The van der Waals surface area contributed by atoms with Crippen molar-refractivity contribution in [2.75, 3.05) is 18.5 Å². The van der Waals surface area contributed by atoms with E-state index >= 15 is 0 Å². The highest BCUT2D eigenvalue weighted by molar-refractivity contribution is 5.99. The first-order valence-corrected chi connectivity index (χ1v) is 7.20. The topological polar surface area (TPSA) is 58.4 Å². The summed E-state index contributed by atoms with van der Waals surface area (Å²) in [5.41, 5.74) is 2.65. The highest BCUT2D eigenvalue weighted by Crippen LogP contribution is 2.21. The largest absolute Gasteiger partial charge is 0.339 e. The standard InChI is InChI=1S/C15H24FN3O/c1-3-5-10-19(11-6-4-2)15(20)12-8-7-9-13(16)14(12)18-17/h7-9,18H,3-6,10-11,17H2,1-2H3. The SMILES string of the molecule is CCCCN(CCCC)C(=O)c1cccc(F)c1NN. The number of nitrogen functional groups attached to an aromatic ring is 1. The number of para-hydroxylation sites is 1. The summed E-state index contributed by atoms with van der Waals surface area (Å²) in [6.07, 6.45) is 3.91. The van der Waals surface area contributed by atoms with E-state index in [1.54, 1.807) is 11.0 Å². The zero-order chi connectivity index (χ0) is 15.0. The van der Waals surface area contributed by atoms with E-state index in [9.17, 15) is 9.18 Å². The molecular weight excluding hydrogens is 257 g/mol. The lowest BCUT2D eigenvalue weighted by Crippen LogP contribution is -2.34. The fraction of sp³-hybridized carbons (Fsp3) is 0.533. The number of rotatable bonds is 8. The molecule has 1 aromatic carbocycles. The minimum Gasteiger partial charge on any atom is -0.339 e. The molecule has 0 heterocycles. The van der Waals surface area contributed by atoms with Crippen LogP contribution in [0.4, 0.5) is 10.1 Å². The summed E-state index contributed by atoms with van der Waals surface area (Å²) < 4.78 is 13.7. The van der Waals surface area contributed by atoms with E-state index in [1.807, 2.05) is 0 Å². The second-order valence-corrected chi connectivity index (χ2v) is 4.81. The molecule has 0 aliphatic rings. The Morgan fingerprint density at radius 2 is 1.85 bits per heavy atom. The van der Waals surface area contributed by atoms with Gasteiger partial charge in [-0.3, -0.25) is 10.6 Å². The summed E-state index contributed by atoms with van der Waals surface area (Å²) in [7, 11) is 0. The van der Waals surface area contributed by atoms with E-state index in [1.165, 1.54) is 12.1 Å². The lowest BCUT2D eigenvalue weighted by molar-refractivity contribution is 0.0751. The number of amides is 1. The van der Waals surface area contributed by atoms with Crippen molar-refractivity contribution >= 4 is 11.6 Å². The van der Waals surface area contributed by atoms with E-state index in [4.69, 9.17) is 5.84 Å². The van der Waals surface area contributed by atoms with E-state index < -0.39 is 5.82 Å². The lowest BCUT2D eigenvalue weighted by Gasteiger charge is -2.23. The van der Waals surface area contributed by atoms with Gasteiger partial charge >= 0.3 is 0 Å². The molecule has 1 amide bonds. The molecule has 0 aromatic heterocycles. The third kappa shape index (κ3) is 4.20. The van der Waals surface area contributed by atoms with Crippen molar-refractivity contribution in [2.24, 2.45) is 5.84 Å². The first-order chi connectivity index (χ1) is 9.65. The summed E-state index contributed by atoms with van der Waals surface area (Å²) in [5.74, 6) is 4.65. The van der Waals surface area contributed by atoms with Gasteiger partial charge < -0.3 is 10.3 Å². The van der Waals surface area contributed by atoms with Crippen LogP contribution in [-0.2, 0) is 0 Å². The van der Waals surface area contributed by atoms with Crippen LogP contribution >= 0.6 is 0 Å². The molecule has 4 nitrogen and oxygen atoms in total. The molecule has 0 unspecified atom stereocenters. The van der Waals surface area contributed by atoms with Crippen molar-refractivity contribution in [2.45, 2.75) is 39.5 Å². The van der Waals surface area contributed by atoms with Crippen LogP contribution in [0.25, 0.3) is 0 Å². The Bertz CT molecular complexity index is 429. The van der Waals surface area contributed by atoms with Gasteiger partial charge in [-0.1, -0.05) is 32.8 Å². The van der Waals surface area contributed by atoms with E-state index in [0.29, 0.717) is 18.7 Å². The summed E-state index contributed by atoms with van der Waals surface area (Å²) in [5, 5.41) is 0. The van der Waals surface area contributed by atoms with Gasteiger partial charge in [-0.15, -0.1) is 0 Å². The molecular formula is C15H24FN3O. The van der Waals surface area contributed by atoms with Crippen molar-refractivity contribution in [1.29, 1.82) is 0 Å². The highest BCUT2D eigenvalue weighted by atomic mass is 19.1. The van der Waals surface area contributed by atoms with Gasteiger partial charge in [-0.25, -0.2) is 4.39 Å². The maximum Gasteiger partial charge on any atom is 0.256 e. The smallest absolute Gasteiger partial charge is 0.256 e. The van der Waals surface area contributed by atoms with E-state index in [0.717, 1.165) is 25.7 Å². The van der Waals surface area contributed by atoms with Crippen molar-refractivity contribution in [1.82, 2.24) is 4.90 Å². The molecule has 1 aromatic rings. The zero-order valence-corrected chi connectivity index (χ0v) is 12.3. The Labute approximate surface area is 120 Å². The van der Waals surface area contributed by atoms with Crippen LogP contribution < -0.4 is 11.3 Å². The lowest BCUT2D eigenvalue weighted by atomic mass is 10.1. The molecule has 3 N–H and O–H groups in total. The second kappa shape index (κ2) is 8.53. The maximum absolute atomic E-state index is 13.7. The number of nitrogens with two attached hydrogens (primary N) is 1. The molecule has 0 saturated heterocycles. The van der Waals surface area contributed by atoms with Crippen molar-refractivity contribution < 1.29 is 9.18 Å². The molecule has 0 atom stereocenters. The van der Waals surface area contributed by atoms with Crippen LogP contribution in [0.2, 0.25) is 0 Å². The van der Waals surface area contributed by atoms with Crippen LogP contribution in [0.3, 0.4) is 0 Å². The number of benzene rings is 1. The fourth-order valence-electron chi connectivity index (χ4n) is 2.03. The number of hydrogen-bond acceptors (Lipinski definition) is 3. The number of hydrogen-bond donors (Lipinski definition) is 2. The third-order valence-electron chi connectivity index (χ3n) is 3.24. The summed E-state index contributed by atoms with van der Waals surface area (Å²) in [6, 6.07) is 4.42. The van der Waals surface area contributed by atoms with Crippen LogP contribution in [0.1, 0.15) is 49.9 Å². The zero-order valence-electron chi connectivity index (χ0n) is 12.3. The van der Waals surface area contributed by atoms with Gasteiger partial charge in [0.15, 0.2) is 0 Å². The van der Waals surface area contributed by atoms with Crippen LogP contribution in [0.15, 0.2) is 18.2 Å². The first kappa shape index (κ1) is 16.4. The number of carbonyl (C=O) groups is 1. The molecule has 20 heavy (non-hydrogen) atoms. The molecule has 112 valence electrons. The molecule has 0 radical (unpaired) electrons. The van der Waals surface area contributed by atoms with Gasteiger partial charge in [-0.2, -0.15) is 0 Å². The Hall–Kier alpha value is -1.62. The van der Waals surface area contributed by atoms with Crippen LogP contribution in [0, 0.1) is 5.82 Å². The van der Waals surface area contributed by atoms with E-state index in [2.05, 4.69) is 19.3 Å². The number of hydrazine groups is 1. The number of carbonyl (C=O) groups excluding carboxylic acids is 1. The molecule has 0 fully saturated rings. The molecule has 1 rings (SSSR count). The van der Waals surface area contributed by atoms with Crippen molar-refractivity contribution in [3.63, 3.8) is 0 Å². The molecule has 0 aliphatic carbocycles. The number of halogens is 1. The van der Waals surface area contributed by atoms with Gasteiger partial charge in [0.2, 0.25) is 0 Å². The van der Waals surface area contributed by atoms with Gasteiger partial charge in [-0.05, 0) is 25.0 Å². The predicted molar refractivity (Wildman–Crippen MR) is 79.9 cm³/mol. The first-order valence-electron chi connectivity index (χ1n) is 7.20. The number of anilines is 1. The minimum atomic E-state index is -0.510. The van der Waals surface area contributed by atoms with Gasteiger partial charge in [0.05, 0.1) is 11.3 Å². The quantitative estimate of drug-likeness (QED) is 0.568. The fourth-order valence-corrected chi connectivity index (χ4v) is 2.03. The predicted octanol–water partition coefficient (Wildman–Crippen LogP) is 3.15. The van der Waals surface area contributed by atoms with Gasteiger partial charge in [0, 0.05) is 13.1 Å². The molecule has 5 heteroatoms. The molecule has 0 saturated carbocycles. The number of nitrogens with one attached hydrogen (secondary N) is 1. The summed E-state index contributed by atoms with van der Waals surface area (Å²) >= 11 is 0. The van der Waals surface area contributed by atoms with Crippen molar-refractivity contribution in [3.05, 3.63) is 29.6 Å². The molecule has 0 spiro atoms. The number of unbranched alkanes of at least 4 members (excludes halogenated alkanes) is 2. The Morgan fingerprint density at radius 1 is 1.25 bits per heavy atom. The summed E-state index contributed by atoms with van der Waals surface area (Å²) in [6.45, 7) is 5.54. The summed E-state index contributed by atoms with van der Waals surface area (Å²) in [4.78, 5) is 14.3. The number of nitrogens with zero attached hydrogens (tertiary/aromatic N) is 1. The highest BCUT2D eigenvalue weighted by Gasteiger charge is 2.19. The van der Waals surface area contributed by atoms with Gasteiger partial charge in [0.1, 0.15) is 5.82 Å².